The summed E-state index contributed by atoms with van der Waals surface area (Å²) in [6.45, 7) is 0.569. The fourth-order valence-corrected chi connectivity index (χ4v) is 6.87. The van der Waals surface area contributed by atoms with Gasteiger partial charge in [-0.2, -0.15) is 0 Å². The van der Waals surface area contributed by atoms with Crippen molar-refractivity contribution < 1.29 is 32.0 Å². The fraction of sp³-hybridized carbons (Fsp3) is 0.360. The largest absolute Gasteiger partial charge is 0.356 e. The molecule has 1 N–H and O–H groups in total. The number of ketones is 2. The first kappa shape index (κ1) is 26.0. The Morgan fingerprint density at radius 3 is 2.28 bits per heavy atom. The number of sulfone groups is 1. The van der Waals surface area contributed by atoms with E-state index in [0.717, 1.165) is 4.90 Å². The van der Waals surface area contributed by atoms with Crippen molar-refractivity contribution in [2.75, 3.05) is 13.1 Å². The monoisotopic (exact) mass is 534 g/mol. The van der Waals surface area contributed by atoms with E-state index < -0.39 is 32.2 Å². The maximum atomic E-state index is 13.2. The zero-order valence-electron chi connectivity index (χ0n) is 19.2. The van der Waals surface area contributed by atoms with Crippen LogP contribution < -0.4 is 5.32 Å². The first-order valence-corrected chi connectivity index (χ1v) is 13.3. The lowest BCUT2D eigenvalue weighted by Crippen LogP contribution is -2.67. The van der Waals surface area contributed by atoms with Gasteiger partial charge in [-0.05, 0) is 48.4 Å². The van der Waals surface area contributed by atoms with E-state index in [0.29, 0.717) is 36.4 Å². The molecular formula is C25H24ClFN2O6S. The molecule has 11 heteroatoms. The third-order valence-corrected chi connectivity index (χ3v) is 9.21. The number of hydrogen-bond donors (Lipinski definition) is 1. The second kappa shape index (κ2) is 10.1. The number of hydrogen-bond acceptors (Lipinski definition) is 6. The lowest BCUT2D eigenvalue weighted by atomic mass is 9.93. The molecule has 3 saturated heterocycles. The minimum atomic E-state index is -4.09. The van der Waals surface area contributed by atoms with Gasteiger partial charge in [0.25, 0.3) is 0 Å². The number of β-lactam (4-membered cyclic amide) rings is 1. The number of rotatable bonds is 4. The average molecular weight is 535 g/mol. The van der Waals surface area contributed by atoms with Crippen LogP contribution in [0, 0.1) is 11.7 Å². The number of amides is 2. The van der Waals surface area contributed by atoms with Gasteiger partial charge < -0.3 is 10.2 Å². The molecule has 3 aliphatic rings. The zero-order valence-corrected chi connectivity index (χ0v) is 20.8. The van der Waals surface area contributed by atoms with Gasteiger partial charge in [-0.25, -0.2) is 12.8 Å². The van der Waals surface area contributed by atoms with Gasteiger partial charge in [-0.3, -0.25) is 19.2 Å². The van der Waals surface area contributed by atoms with E-state index in [1.165, 1.54) is 36.4 Å². The van der Waals surface area contributed by atoms with Crippen LogP contribution in [0.15, 0.2) is 53.4 Å². The van der Waals surface area contributed by atoms with E-state index >= 15 is 0 Å². The fourth-order valence-electron chi connectivity index (χ4n) is 4.65. The second-order valence-corrected chi connectivity index (χ2v) is 11.5. The molecule has 3 heterocycles. The number of nitrogens with zero attached hydrogens (tertiary/aromatic N) is 1. The van der Waals surface area contributed by atoms with E-state index in [9.17, 15) is 32.0 Å². The first-order valence-electron chi connectivity index (χ1n) is 11.4. The quantitative estimate of drug-likeness (QED) is 0.602. The van der Waals surface area contributed by atoms with Gasteiger partial charge >= 0.3 is 0 Å². The molecular weight excluding hydrogens is 511 g/mol. The Morgan fingerprint density at radius 1 is 0.972 bits per heavy atom. The molecule has 0 spiro atoms. The summed E-state index contributed by atoms with van der Waals surface area (Å²) in [5.41, 5.74) is 0.712. The summed E-state index contributed by atoms with van der Waals surface area (Å²) in [5, 5.41) is 2.99. The highest BCUT2D eigenvalue weighted by atomic mass is 35.5. The molecule has 3 fully saturated rings. The maximum Gasteiger partial charge on any atom is 0.228 e. The Bertz CT molecular complexity index is 1300. The summed E-state index contributed by atoms with van der Waals surface area (Å²) >= 11 is 5.82. The predicted molar refractivity (Wildman–Crippen MR) is 128 cm³/mol. The number of carbonyl (C=O) groups is 4. The summed E-state index contributed by atoms with van der Waals surface area (Å²) in [5.74, 6) is -1.70. The van der Waals surface area contributed by atoms with Crippen LogP contribution in [0.2, 0.25) is 5.02 Å². The molecule has 0 radical (unpaired) electrons. The molecule has 0 saturated carbocycles. The van der Waals surface area contributed by atoms with E-state index in [1.54, 1.807) is 12.1 Å². The van der Waals surface area contributed by atoms with Crippen LogP contribution in [0.5, 0.6) is 0 Å². The highest BCUT2D eigenvalue weighted by Crippen LogP contribution is 2.48. The van der Waals surface area contributed by atoms with Crippen LogP contribution in [-0.2, 0) is 35.4 Å². The SMILES string of the molecule is O=C1CC2(S(=O)(=O)c3ccc(Cl)cc3)C(=O)C(Cc3ccc(F)cc3)CN12.O=C1CCNC(=O)CC1. The summed E-state index contributed by atoms with van der Waals surface area (Å²) in [6.07, 6.45) is 1.20. The standard InChI is InChI=1S/C19H15ClFNO4S.C6H9NO2/c20-14-3-7-16(8-4-14)27(25,26)19-10-17(23)22(19)11-13(18(19)24)9-12-1-5-15(21)6-2-12;8-5-1-2-6(9)7-4-3-5/h1-8,13H,9-11H2;1-4H2,(H,7,9). The molecule has 2 atom stereocenters. The molecule has 190 valence electrons. The van der Waals surface area contributed by atoms with Crippen LogP contribution in [0.3, 0.4) is 0 Å². The summed E-state index contributed by atoms with van der Waals surface area (Å²) in [7, 11) is -4.09. The Morgan fingerprint density at radius 2 is 1.64 bits per heavy atom. The Balaban J connectivity index is 0.000000286. The summed E-state index contributed by atoms with van der Waals surface area (Å²) < 4.78 is 39.5. The maximum absolute atomic E-state index is 13.2. The average Bonchev–Trinajstić information content (AvgIpc) is 2.93. The van der Waals surface area contributed by atoms with Crippen LogP contribution in [0.25, 0.3) is 0 Å². The molecule has 0 aliphatic carbocycles. The third-order valence-electron chi connectivity index (χ3n) is 6.61. The normalized spacial score (nSPS) is 23.7. The topological polar surface area (TPSA) is 118 Å². The molecule has 5 rings (SSSR count). The minimum Gasteiger partial charge on any atom is -0.356 e. The van der Waals surface area contributed by atoms with Crippen LogP contribution in [0.4, 0.5) is 4.39 Å². The Kier molecular flexibility index (Phi) is 7.28. The first-order chi connectivity index (χ1) is 17.0. The summed E-state index contributed by atoms with van der Waals surface area (Å²) in [4.78, 5) is 45.7. The van der Waals surface area contributed by atoms with Gasteiger partial charge in [-0.15, -0.1) is 0 Å². The van der Waals surface area contributed by atoms with E-state index in [4.69, 9.17) is 11.6 Å². The zero-order chi connectivity index (χ0) is 26.1. The Hall–Kier alpha value is -3.11. The van der Waals surface area contributed by atoms with Gasteiger partial charge in [0.05, 0.1) is 11.3 Å². The molecule has 0 bridgehead atoms. The van der Waals surface area contributed by atoms with Crippen molar-refractivity contribution in [3.63, 3.8) is 0 Å². The number of nitrogens with one attached hydrogen (secondary N) is 1. The highest BCUT2D eigenvalue weighted by molar-refractivity contribution is 7.93. The van der Waals surface area contributed by atoms with Crippen LogP contribution >= 0.6 is 11.6 Å². The third kappa shape index (κ3) is 4.79. The van der Waals surface area contributed by atoms with Gasteiger partial charge in [0.1, 0.15) is 11.6 Å². The lowest BCUT2D eigenvalue weighted by molar-refractivity contribution is -0.150. The molecule has 8 nitrogen and oxygen atoms in total. The van der Waals surface area contributed by atoms with Crippen molar-refractivity contribution in [2.45, 2.75) is 41.9 Å². The molecule has 2 unspecified atom stereocenters. The van der Waals surface area contributed by atoms with Crippen LogP contribution in [0.1, 0.15) is 31.2 Å². The highest BCUT2D eigenvalue weighted by Gasteiger charge is 2.70. The predicted octanol–water partition coefficient (Wildman–Crippen LogP) is 2.48. The lowest BCUT2D eigenvalue weighted by Gasteiger charge is -2.44. The van der Waals surface area contributed by atoms with Crippen molar-refractivity contribution >= 4 is 44.8 Å². The molecule has 0 aromatic heterocycles. The number of benzene rings is 2. The van der Waals surface area contributed by atoms with Gasteiger partial charge in [0, 0.05) is 43.3 Å². The van der Waals surface area contributed by atoms with Crippen molar-refractivity contribution in [3.8, 4) is 0 Å². The molecule has 2 amide bonds. The number of Topliss-reactive ketones (excluding diaryl/α,β-unsaturated/α-hetero) is 2. The smallest absolute Gasteiger partial charge is 0.228 e. The van der Waals surface area contributed by atoms with Crippen molar-refractivity contribution in [2.24, 2.45) is 5.92 Å². The molecule has 36 heavy (non-hydrogen) atoms. The van der Waals surface area contributed by atoms with Crippen LogP contribution in [-0.4, -0.2) is 54.7 Å². The molecule has 2 aromatic rings. The molecule has 2 aromatic carbocycles. The van der Waals surface area contributed by atoms with E-state index in [-0.39, 0.29) is 41.9 Å². The summed E-state index contributed by atoms with van der Waals surface area (Å²) in [6, 6.07) is 11.2. The van der Waals surface area contributed by atoms with Gasteiger partial charge in [0.2, 0.25) is 26.5 Å². The van der Waals surface area contributed by atoms with E-state index in [1.807, 2.05) is 0 Å². The molecule has 3 aliphatic heterocycles. The number of fused-ring (bicyclic) bond motifs is 1. The van der Waals surface area contributed by atoms with Gasteiger partial charge in [0.15, 0.2) is 5.78 Å². The van der Waals surface area contributed by atoms with Crippen molar-refractivity contribution in [3.05, 3.63) is 64.9 Å². The number of halogens is 2. The van der Waals surface area contributed by atoms with Crippen molar-refractivity contribution in [1.29, 1.82) is 0 Å². The minimum absolute atomic E-state index is 0.000787. The van der Waals surface area contributed by atoms with Gasteiger partial charge in [-0.1, -0.05) is 23.7 Å². The van der Waals surface area contributed by atoms with E-state index in [2.05, 4.69) is 5.32 Å². The van der Waals surface area contributed by atoms with Crippen molar-refractivity contribution in [1.82, 2.24) is 10.2 Å². The Labute approximate surface area is 212 Å². The second-order valence-electron chi connectivity index (χ2n) is 8.95. The number of carbonyl (C=O) groups excluding carboxylic acids is 4.